The predicted molar refractivity (Wildman–Crippen MR) is 147 cm³/mol. The second kappa shape index (κ2) is 11.2. The minimum absolute atomic E-state index is 0.167. The standard InChI is InChI=1S/C26H32N6O3S2/c1-6-31(7-2)37(34,35)20-12-9-11-19(14-20)24-29-30-26(32(24)15-17(3)4)36-16-22-27-23-18(5)10-8-13-21(23)25(33)28-22/h8-14,17H,6-7,15-16H2,1-5H3,(H,27,28,33). The number of nitrogens with one attached hydrogen (secondary N) is 1. The van der Waals surface area contributed by atoms with Crippen molar-refractivity contribution in [3.05, 3.63) is 64.2 Å². The van der Waals surface area contributed by atoms with Crippen LogP contribution in [0.4, 0.5) is 0 Å². The van der Waals surface area contributed by atoms with Gasteiger partial charge in [-0.15, -0.1) is 10.2 Å². The minimum Gasteiger partial charge on any atom is -0.309 e. The van der Waals surface area contributed by atoms with Gasteiger partial charge in [-0.1, -0.05) is 63.7 Å². The maximum Gasteiger partial charge on any atom is 0.258 e. The number of thioether (sulfide) groups is 1. The van der Waals surface area contributed by atoms with E-state index in [2.05, 4.69) is 34.0 Å². The van der Waals surface area contributed by atoms with Gasteiger partial charge in [0, 0.05) is 25.2 Å². The van der Waals surface area contributed by atoms with Crippen molar-refractivity contribution >= 4 is 32.7 Å². The molecule has 0 saturated carbocycles. The van der Waals surface area contributed by atoms with E-state index < -0.39 is 10.0 Å². The smallest absolute Gasteiger partial charge is 0.258 e. The topological polar surface area (TPSA) is 114 Å². The Hall–Kier alpha value is -3.02. The van der Waals surface area contributed by atoms with Crippen molar-refractivity contribution in [2.24, 2.45) is 5.92 Å². The second-order valence-corrected chi connectivity index (χ2v) is 12.1. The van der Waals surface area contributed by atoms with Gasteiger partial charge in [0.15, 0.2) is 11.0 Å². The van der Waals surface area contributed by atoms with E-state index in [1.54, 1.807) is 24.3 Å². The normalized spacial score (nSPS) is 12.2. The molecule has 0 bridgehead atoms. The number of para-hydroxylation sites is 1. The highest BCUT2D eigenvalue weighted by molar-refractivity contribution is 7.98. The Kier molecular flexibility index (Phi) is 8.15. The number of benzene rings is 2. The fraction of sp³-hybridized carbons (Fsp3) is 0.385. The number of sulfonamides is 1. The van der Waals surface area contributed by atoms with Gasteiger partial charge in [0.05, 0.1) is 21.6 Å². The Bertz CT molecular complexity index is 1570. The Morgan fingerprint density at radius 2 is 1.81 bits per heavy atom. The second-order valence-electron chi connectivity index (χ2n) is 9.20. The molecule has 1 N–H and O–H groups in total. The summed E-state index contributed by atoms with van der Waals surface area (Å²) in [6.07, 6.45) is 0. The number of aromatic nitrogens is 5. The molecule has 0 unspecified atom stereocenters. The van der Waals surface area contributed by atoms with E-state index in [1.165, 1.54) is 16.1 Å². The Labute approximate surface area is 221 Å². The number of hydrogen-bond acceptors (Lipinski definition) is 7. The highest BCUT2D eigenvalue weighted by atomic mass is 32.2. The summed E-state index contributed by atoms with van der Waals surface area (Å²) in [5, 5.41) is 10.1. The third-order valence-electron chi connectivity index (χ3n) is 6.02. The molecule has 196 valence electrons. The van der Waals surface area contributed by atoms with E-state index in [0.29, 0.717) is 64.6 Å². The van der Waals surface area contributed by atoms with Gasteiger partial charge in [-0.05, 0) is 36.6 Å². The molecule has 9 nitrogen and oxygen atoms in total. The van der Waals surface area contributed by atoms with Crippen molar-refractivity contribution in [2.45, 2.75) is 57.0 Å². The van der Waals surface area contributed by atoms with Crippen LogP contribution in [-0.4, -0.2) is 50.5 Å². The SMILES string of the molecule is CCN(CC)S(=O)(=O)c1cccc(-c2nnc(SCc3nc4c(C)cccc4c(=O)[nH]3)n2CC(C)C)c1. The van der Waals surface area contributed by atoms with E-state index in [9.17, 15) is 13.2 Å². The largest absolute Gasteiger partial charge is 0.309 e. The van der Waals surface area contributed by atoms with Gasteiger partial charge in [-0.25, -0.2) is 13.4 Å². The number of fused-ring (bicyclic) bond motifs is 1. The van der Waals surface area contributed by atoms with Crippen molar-refractivity contribution in [3.63, 3.8) is 0 Å². The first-order valence-electron chi connectivity index (χ1n) is 12.3. The first-order valence-corrected chi connectivity index (χ1v) is 14.7. The average molecular weight is 541 g/mol. The van der Waals surface area contributed by atoms with Gasteiger partial charge in [0.2, 0.25) is 10.0 Å². The van der Waals surface area contributed by atoms with Crippen molar-refractivity contribution in [1.82, 2.24) is 29.0 Å². The van der Waals surface area contributed by atoms with Crippen LogP contribution >= 0.6 is 11.8 Å². The van der Waals surface area contributed by atoms with Crippen molar-refractivity contribution in [2.75, 3.05) is 13.1 Å². The summed E-state index contributed by atoms with van der Waals surface area (Å²) >= 11 is 1.43. The first kappa shape index (κ1) is 27.0. The third-order valence-corrected chi connectivity index (χ3v) is 9.05. The van der Waals surface area contributed by atoms with Crippen LogP contribution < -0.4 is 5.56 Å². The van der Waals surface area contributed by atoms with Crippen LogP contribution in [0, 0.1) is 12.8 Å². The summed E-state index contributed by atoms with van der Waals surface area (Å²) in [5.74, 6) is 1.87. The molecule has 0 radical (unpaired) electrons. The maximum atomic E-state index is 13.1. The quantitative estimate of drug-likeness (QED) is 0.295. The Morgan fingerprint density at radius 3 is 2.51 bits per heavy atom. The molecule has 0 fully saturated rings. The van der Waals surface area contributed by atoms with Gasteiger partial charge in [0.25, 0.3) is 5.56 Å². The van der Waals surface area contributed by atoms with E-state index in [-0.39, 0.29) is 10.5 Å². The number of hydrogen-bond donors (Lipinski definition) is 1. The molecule has 0 amide bonds. The van der Waals surface area contributed by atoms with Crippen LogP contribution in [0.5, 0.6) is 0 Å². The molecule has 0 aliphatic heterocycles. The van der Waals surface area contributed by atoms with Gasteiger partial charge < -0.3 is 9.55 Å². The molecule has 0 atom stereocenters. The number of rotatable bonds is 10. The van der Waals surface area contributed by atoms with Gasteiger partial charge in [-0.3, -0.25) is 4.79 Å². The summed E-state index contributed by atoms with van der Waals surface area (Å²) in [4.78, 5) is 20.4. The number of aryl methyl sites for hydroxylation is 1. The van der Waals surface area contributed by atoms with Crippen molar-refractivity contribution < 1.29 is 8.42 Å². The number of H-pyrrole nitrogens is 1. The van der Waals surface area contributed by atoms with E-state index >= 15 is 0 Å². The van der Waals surface area contributed by atoms with Crippen LogP contribution in [0.25, 0.3) is 22.3 Å². The number of nitrogens with zero attached hydrogens (tertiary/aromatic N) is 5. The molecule has 2 heterocycles. The molecule has 4 rings (SSSR count). The van der Waals surface area contributed by atoms with Crippen LogP contribution in [-0.2, 0) is 22.3 Å². The lowest BCUT2D eigenvalue weighted by Gasteiger charge is -2.19. The predicted octanol–water partition coefficient (Wildman–Crippen LogP) is 4.47. The van der Waals surface area contributed by atoms with Gasteiger partial charge in [-0.2, -0.15) is 4.31 Å². The lowest BCUT2D eigenvalue weighted by Crippen LogP contribution is -2.30. The van der Waals surface area contributed by atoms with Crippen molar-refractivity contribution in [3.8, 4) is 11.4 Å². The fourth-order valence-electron chi connectivity index (χ4n) is 4.20. The molecule has 0 saturated heterocycles. The summed E-state index contributed by atoms with van der Waals surface area (Å²) in [6.45, 7) is 11.2. The average Bonchev–Trinajstić information content (AvgIpc) is 3.25. The molecule has 37 heavy (non-hydrogen) atoms. The minimum atomic E-state index is -3.60. The van der Waals surface area contributed by atoms with Gasteiger partial charge >= 0.3 is 0 Å². The van der Waals surface area contributed by atoms with Gasteiger partial charge in [0.1, 0.15) is 5.82 Å². The summed E-state index contributed by atoms with van der Waals surface area (Å²) in [5.41, 5.74) is 2.15. The van der Waals surface area contributed by atoms with E-state index in [0.717, 1.165) is 5.56 Å². The van der Waals surface area contributed by atoms with Crippen molar-refractivity contribution in [1.29, 1.82) is 0 Å². The lowest BCUT2D eigenvalue weighted by atomic mass is 10.1. The Balaban J connectivity index is 1.68. The van der Waals surface area contributed by atoms with E-state index in [4.69, 9.17) is 0 Å². The zero-order chi connectivity index (χ0) is 26.7. The molecular formula is C26H32N6O3S2. The molecular weight excluding hydrogens is 508 g/mol. The summed E-state index contributed by atoms with van der Waals surface area (Å²) in [7, 11) is -3.60. The third kappa shape index (κ3) is 5.63. The van der Waals surface area contributed by atoms with E-state index in [1.807, 2.05) is 43.5 Å². The van der Waals surface area contributed by atoms with Crippen LogP contribution in [0.15, 0.2) is 57.3 Å². The number of aromatic amines is 1. The van der Waals surface area contributed by atoms with Crippen LogP contribution in [0.2, 0.25) is 0 Å². The molecule has 0 aliphatic rings. The first-order chi connectivity index (χ1) is 17.6. The summed E-state index contributed by atoms with van der Waals surface area (Å²) in [6, 6.07) is 12.4. The molecule has 11 heteroatoms. The monoisotopic (exact) mass is 540 g/mol. The molecule has 2 aromatic heterocycles. The molecule has 2 aromatic carbocycles. The molecule has 0 spiro atoms. The lowest BCUT2D eigenvalue weighted by molar-refractivity contribution is 0.445. The molecule has 0 aliphatic carbocycles. The maximum absolute atomic E-state index is 13.1. The highest BCUT2D eigenvalue weighted by Gasteiger charge is 2.23. The molecule has 4 aromatic rings. The Morgan fingerprint density at radius 1 is 1.08 bits per heavy atom. The fourth-order valence-corrected chi connectivity index (χ4v) is 6.52. The summed E-state index contributed by atoms with van der Waals surface area (Å²) < 4.78 is 29.6. The highest BCUT2D eigenvalue weighted by Crippen LogP contribution is 2.29. The van der Waals surface area contributed by atoms with Crippen LogP contribution in [0.1, 0.15) is 39.1 Å². The van der Waals surface area contributed by atoms with Crippen LogP contribution in [0.3, 0.4) is 0 Å². The zero-order valence-electron chi connectivity index (χ0n) is 21.7. The zero-order valence-corrected chi connectivity index (χ0v) is 23.4.